The smallest absolute Gasteiger partial charge is 0.223 e. The van der Waals surface area contributed by atoms with Gasteiger partial charge in [0.1, 0.15) is 6.07 Å². The summed E-state index contributed by atoms with van der Waals surface area (Å²) >= 11 is 0. The first-order valence-corrected chi connectivity index (χ1v) is 6.99. The van der Waals surface area contributed by atoms with Gasteiger partial charge in [0.25, 0.3) is 0 Å². The summed E-state index contributed by atoms with van der Waals surface area (Å²) in [6, 6.07) is 9.01. The predicted molar refractivity (Wildman–Crippen MR) is 81.6 cm³/mol. The van der Waals surface area contributed by atoms with E-state index in [9.17, 15) is 9.59 Å². The lowest BCUT2D eigenvalue weighted by Gasteiger charge is -2.22. The summed E-state index contributed by atoms with van der Waals surface area (Å²) in [5.74, 6) is 0.117. The molecule has 0 atom stereocenters. The van der Waals surface area contributed by atoms with Gasteiger partial charge in [0.2, 0.25) is 11.8 Å². The highest BCUT2D eigenvalue weighted by molar-refractivity contribution is 5.93. The third kappa shape index (κ3) is 5.27. The van der Waals surface area contributed by atoms with Crippen LogP contribution in [0.5, 0.6) is 0 Å². The van der Waals surface area contributed by atoms with E-state index in [0.717, 1.165) is 0 Å². The number of carbonyl (C=O) groups excluding carboxylic acids is 2. The minimum absolute atomic E-state index is 0.0259. The molecule has 0 bridgehead atoms. The first-order chi connectivity index (χ1) is 9.95. The minimum atomic E-state index is -0.157. The lowest BCUT2D eigenvalue weighted by Crippen LogP contribution is -2.38. The van der Waals surface area contributed by atoms with Crippen molar-refractivity contribution in [2.24, 2.45) is 5.92 Å². The highest BCUT2D eigenvalue weighted by Gasteiger charge is 2.15. The fourth-order valence-electron chi connectivity index (χ4n) is 2.00. The molecule has 0 saturated heterocycles. The standard InChI is InChI=1S/C16H21N3O2/c1-12(2)10-16(21)18-8-9-19(13(3)20)15-7-5-4-6-14(15)11-17/h4-7,12H,8-10H2,1-3H3,(H,18,21). The van der Waals surface area contributed by atoms with Crippen molar-refractivity contribution in [3.63, 3.8) is 0 Å². The lowest BCUT2D eigenvalue weighted by atomic mass is 10.1. The number of nitrogens with zero attached hydrogens (tertiary/aromatic N) is 2. The van der Waals surface area contributed by atoms with Gasteiger partial charge in [0.15, 0.2) is 0 Å². The molecule has 0 aromatic heterocycles. The molecule has 2 amide bonds. The number of carbonyl (C=O) groups is 2. The molecule has 1 rings (SSSR count). The first-order valence-electron chi connectivity index (χ1n) is 6.99. The molecule has 0 saturated carbocycles. The molecule has 1 aromatic rings. The van der Waals surface area contributed by atoms with Crippen molar-refractivity contribution in [1.29, 1.82) is 5.26 Å². The Labute approximate surface area is 125 Å². The van der Waals surface area contributed by atoms with E-state index >= 15 is 0 Å². The van der Waals surface area contributed by atoms with Crippen LogP contribution >= 0.6 is 0 Å². The van der Waals surface area contributed by atoms with Crippen LogP contribution in [0.25, 0.3) is 0 Å². The van der Waals surface area contributed by atoms with Crippen LogP contribution in [0.2, 0.25) is 0 Å². The highest BCUT2D eigenvalue weighted by Crippen LogP contribution is 2.19. The van der Waals surface area contributed by atoms with Gasteiger partial charge in [0.05, 0.1) is 11.3 Å². The zero-order chi connectivity index (χ0) is 15.8. The maximum Gasteiger partial charge on any atom is 0.223 e. The molecule has 0 radical (unpaired) electrons. The molecular formula is C16H21N3O2. The topological polar surface area (TPSA) is 73.2 Å². The van der Waals surface area contributed by atoms with Crippen molar-refractivity contribution in [3.05, 3.63) is 29.8 Å². The van der Waals surface area contributed by atoms with Crippen molar-refractivity contribution in [2.45, 2.75) is 27.2 Å². The summed E-state index contributed by atoms with van der Waals surface area (Å²) in [5.41, 5.74) is 1.02. The van der Waals surface area contributed by atoms with E-state index in [1.54, 1.807) is 24.3 Å². The molecule has 0 unspecified atom stereocenters. The molecule has 0 aliphatic rings. The van der Waals surface area contributed by atoms with Gasteiger partial charge in [-0.15, -0.1) is 0 Å². The maximum absolute atomic E-state index is 11.8. The fraction of sp³-hybridized carbons (Fsp3) is 0.438. The Bertz CT molecular complexity index is 547. The second kappa shape index (κ2) is 8.05. The largest absolute Gasteiger partial charge is 0.354 e. The van der Waals surface area contributed by atoms with Gasteiger partial charge >= 0.3 is 0 Å². The molecule has 21 heavy (non-hydrogen) atoms. The van der Waals surface area contributed by atoms with Crippen molar-refractivity contribution in [2.75, 3.05) is 18.0 Å². The van der Waals surface area contributed by atoms with Crippen molar-refractivity contribution in [1.82, 2.24) is 5.32 Å². The molecule has 0 aliphatic heterocycles. The Hall–Kier alpha value is -2.35. The molecule has 0 heterocycles. The van der Waals surface area contributed by atoms with Gasteiger partial charge in [0, 0.05) is 26.4 Å². The number of amides is 2. The Morgan fingerprint density at radius 3 is 2.57 bits per heavy atom. The Morgan fingerprint density at radius 1 is 1.33 bits per heavy atom. The highest BCUT2D eigenvalue weighted by atomic mass is 16.2. The van der Waals surface area contributed by atoms with E-state index < -0.39 is 0 Å². The summed E-state index contributed by atoms with van der Waals surface area (Å²) in [6.45, 7) is 6.11. The monoisotopic (exact) mass is 287 g/mol. The third-order valence-corrected chi connectivity index (χ3v) is 2.95. The molecule has 112 valence electrons. The first kappa shape index (κ1) is 16.7. The molecular weight excluding hydrogens is 266 g/mol. The fourth-order valence-corrected chi connectivity index (χ4v) is 2.00. The second-order valence-electron chi connectivity index (χ2n) is 5.25. The van der Waals surface area contributed by atoms with Gasteiger partial charge < -0.3 is 10.2 Å². The Morgan fingerprint density at radius 2 is 2.00 bits per heavy atom. The molecule has 5 heteroatoms. The number of rotatable bonds is 6. The molecule has 0 fully saturated rings. The summed E-state index contributed by atoms with van der Waals surface area (Å²) in [5, 5.41) is 11.9. The van der Waals surface area contributed by atoms with Gasteiger partial charge in [-0.3, -0.25) is 9.59 Å². The van der Waals surface area contributed by atoms with Gasteiger partial charge in [-0.2, -0.15) is 5.26 Å². The summed E-state index contributed by atoms with van der Waals surface area (Å²) < 4.78 is 0. The van der Waals surface area contributed by atoms with Crippen molar-refractivity contribution < 1.29 is 9.59 Å². The zero-order valence-corrected chi connectivity index (χ0v) is 12.7. The van der Waals surface area contributed by atoms with E-state index in [0.29, 0.717) is 36.7 Å². The number of nitrogens with one attached hydrogen (secondary N) is 1. The van der Waals surface area contributed by atoms with Crippen LogP contribution in [0.1, 0.15) is 32.8 Å². The van der Waals surface area contributed by atoms with Crippen LogP contribution in [-0.2, 0) is 9.59 Å². The Balaban J connectivity index is 2.70. The number of anilines is 1. The maximum atomic E-state index is 11.8. The molecule has 5 nitrogen and oxygen atoms in total. The minimum Gasteiger partial charge on any atom is -0.354 e. The number of hydrogen-bond donors (Lipinski definition) is 1. The summed E-state index contributed by atoms with van der Waals surface area (Å²) in [6.07, 6.45) is 0.467. The van der Waals surface area contributed by atoms with Crippen LogP contribution in [-0.4, -0.2) is 24.9 Å². The number of para-hydroxylation sites is 1. The lowest BCUT2D eigenvalue weighted by molar-refractivity contribution is -0.122. The number of benzene rings is 1. The van der Waals surface area contributed by atoms with Crippen LogP contribution in [0.4, 0.5) is 5.69 Å². The van der Waals surface area contributed by atoms with Crippen LogP contribution in [0.3, 0.4) is 0 Å². The summed E-state index contributed by atoms with van der Waals surface area (Å²) in [4.78, 5) is 24.9. The van der Waals surface area contributed by atoms with Crippen LogP contribution in [0, 0.1) is 17.2 Å². The van der Waals surface area contributed by atoms with E-state index in [1.165, 1.54) is 11.8 Å². The molecule has 0 aliphatic carbocycles. The van der Waals surface area contributed by atoms with Crippen LogP contribution < -0.4 is 10.2 Å². The second-order valence-corrected chi connectivity index (χ2v) is 5.25. The normalized spacial score (nSPS) is 10.0. The third-order valence-electron chi connectivity index (χ3n) is 2.95. The van der Waals surface area contributed by atoms with E-state index in [4.69, 9.17) is 5.26 Å². The quantitative estimate of drug-likeness (QED) is 0.870. The predicted octanol–water partition coefficient (Wildman–Crippen LogP) is 2.07. The average Bonchev–Trinajstić information content (AvgIpc) is 2.42. The average molecular weight is 287 g/mol. The molecule has 1 aromatic carbocycles. The number of hydrogen-bond acceptors (Lipinski definition) is 3. The van der Waals surface area contributed by atoms with E-state index in [2.05, 4.69) is 11.4 Å². The van der Waals surface area contributed by atoms with Gasteiger partial charge in [-0.1, -0.05) is 26.0 Å². The SMILES string of the molecule is CC(=O)N(CCNC(=O)CC(C)C)c1ccccc1C#N. The van der Waals surface area contributed by atoms with Gasteiger partial charge in [-0.25, -0.2) is 0 Å². The zero-order valence-electron chi connectivity index (χ0n) is 12.7. The molecule has 1 N–H and O–H groups in total. The van der Waals surface area contributed by atoms with Crippen molar-refractivity contribution in [3.8, 4) is 6.07 Å². The van der Waals surface area contributed by atoms with Crippen LogP contribution in [0.15, 0.2) is 24.3 Å². The van der Waals surface area contributed by atoms with Gasteiger partial charge in [-0.05, 0) is 18.1 Å². The van der Waals surface area contributed by atoms with Crippen molar-refractivity contribution >= 4 is 17.5 Å². The van der Waals surface area contributed by atoms with E-state index in [1.807, 2.05) is 13.8 Å². The number of nitriles is 1. The Kier molecular flexibility index (Phi) is 6.41. The summed E-state index contributed by atoms with van der Waals surface area (Å²) in [7, 11) is 0. The van der Waals surface area contributed by atoms with E-state index in [-0.39, 0.29) is 11.8 Å². The molecule has 0 spiro atoms.